The van der Waals surface area contributed by atoms with E-state index in [0.717, 1.165) is 6.42 Å². The molecule has 0 amide bonds. The zero-order chi connectivity index (χ0) is 8.48. The van der Waals surface area contributed by atoms with Gasteiger partial charge in [-0.25, -0.2) is 0 Å². The van der Waals surface area contributed by atoms with E-state index in [1.54, 1.807) is 0 Å². The highest BCUT2D eigenvalue weighted by molar-refractivity contribution is 4.89. The van der Waals surface area contributed by atoms with E-state index in [1.165, 1.54) is 6.92 Å². The summed E-state index contributed by atoms with van der Waals surface area (Å²) in [5.41, 5.74) is 0. The highest BCUT2D eigenvalue weighted by Gasteiger charge is 2.35. The lowest BCUT2D eigenvalue weighted by atomic mass is 10.1. The molecule has 1 fully saturated rings. The molecule has 1 aliphatic rings. The van der Waals surface area contributed by atoms with Gasteiger partial charge >= 0.3 is 0 Å². The van der Waals surface area contributed by atoms with Gasteiger partial charge in [-0.1, -0.05) is 0 Å². The van der Waals surface area contributed by atoms with Crippen LogP contribution in [0.1, 0.15) is 19.8 Å². The van der Waals surface area contributed by atoms with Crippen LogP contribution in [0, 0.1) is 0 Å². The molecular weight excluding hydrogens is 146 g/mol. The number of nitrogens with one attached hydrogen (secondary N) is 1. The highest BCUT2D eigenvalue weighted by atomic mass is 16.5. The lowest BCUT2D eigenvalue weighted by Gasteiger charge is -2.24. The second-order valence-corrected chi connectivity index (χ2v) is 3.27. The summed E-state index contributed by atoms with van der Waals surface area (Å²) in [6.45, 7) is 1.41. The Hall–Kier alpha value is -0.160. The molecular formula is C7H15NO3. The van der Waals surface area contributed by atoms with Crippen LogP contribution in [-0.4, -0.2) is 39.8 Å². The molecule has 0 aliphatic carbocycles. The van der Waals surface area contributed by atoms with Gasteiger partial charge in [0.2, 0.25) is 0 Å². The van der Waals surface area contributed by atoms with E-state index >= 15 is 0 Å². The Kier molecular flexibility index (Phi) is 2.49. The van der Waals surface area contributed by atoms with Crippen molar-refractivity contribution < 1.29 is 15.3 Å². The Morgan fingerprint density at radius 3 is 2.36 bits per heavy atom. The Morgan fingerprint density at radius 1 is 1.45 bits per heavy atom. The molecule has 1 aliphatic heterocycles. The first-order chi connectivity index (χ1) is 5.04. The predicted molar refractivity (Wildman–Crippen MR) is 39.9 cm³/mol. The number of hydrogen-bond acceptors (Lipinski definition) is 4. The van der Waals surface area contributed by atoms with Crippen LogP contribution in [-0.2, 0) is 0 Å². The summed E-state index contributed by atoms with van der Waals surface area (Å²) >= 11 is 0. The van der Waals surface area contributed by atoms with Crippen molar-refractivity contribution in [1.82, 2.24) is 5.32 Å². The maximum absolute atomic E-state index is 9.14. The molecule has 4 heteroatoms. The second-order valence-electron chi connectivity index (χ2n) is 3.27. The maximum Gasteiger partial charge on any atom is 0.175 e. The summed E-state index contributed by atoms with van der Waals surface area (Å²) in [6, 6.07) is -0.279. The molecule has 0 aromatic heterocycles. The van der Waals surface area contributed by atoms with Crippen LogP contribution in [0.25, 0.3) is 0 Å². The van der Waals surface area contributed by atoms with E-state index in [1.807, 2.05) is 0 Å². The summed E-state index contributed by atoms with van der Waals surface area (Å²) in [4.78, 5) is 0. The zero-order valence-corrected chi connectivity index (χ0v) is 6.62. The van der Waals surface area contributed by atoms with E-state index in [0.29, 0.717) is 6.42 Å². The van der Waals surface area contributed by atoms with Crippen molar-refractivity contribution in [2.75, 3.05) is 6.61 Å². The monoisotopic (exact) mass is 161 g/mol. The molecule has 1 heterocycles. The molecule has 2 atom stereocenters. The van der Waals surface area contributed by atoms with E-state index < -0.39 is 5.79 Å². The van der Waals surface area contributed by atoms with Crippen LogP contribution in [0.2, 0.25) is 0 Å². The Balaban J connectivity index is 2.42. The highest BCUT2D eigenvalue weighted by Crippen LogP contribution is 2.19. The molecule has 0 bridgehead atoms. The van der Waals surface area contributed by atoms with Gasteiger partial charge in [0.1, 0.15) is 0 Å². The molecule has 0 aromatic rings. The molecule has 4 nitrogen and oxygen atoms in total. The summed E-state index contributed by atoms with van der Waals surface area (Å²) in [5, 5.41) is 29.9. The van der Waals surface area contributed by atoms with Crippen molar-refractivity contribution in [1.29, 1.82) is 0 Å². The van der Waals surface area contributed by atoms with Crippen LogP contribution in [0.5, 0.6) is 0 Å². The van der Waals surface area contributed by atoms with Crippen LogP contribution < -0.4 is 5.32 Å². The summed E-state index contributed by atoms with van der Waals surface area (Å²) < 4.78 is 0. The second kappa shape index (κ2) is 3.06. The topological polar surface area (TPSA) is 72.7 Å². The van der Waals surface area contributed by atoms with Gasteiger partial charge in [0.25, 0.3) is 0 Å². The van der Waals surface area contributed by atoms with Gasteiger partial charge in [0.15, 0.2) is 5.79 Å². The van der Waals surface area contributed by atoms with Crippen molar-refractivity contribution in [2.24, 2.45) is 0 Å². The van der Waals surface area contributed by atoms with Gasteiger partial charge in [-0.05, 0) is 19.8 Å². The molecule has 0 aromatic carbocycles. The first-order valence-electron chi connectivity index (χ1n) is 3.85. The number of aliphatic hydroxyl groups excluding tert-OH is 1. The van der Waals surface area contributed by atoms with Gasteiger partial charge in [-0.2, -0.15) is 0 Å². The molecule has 1 saturated heterocycles. The van der Waals surface area contributed by atoms with E-state index in [2.05, 4.69) is 5.32 Å². The van der Waals surface area contributed by atoms with Crippen molar-refractivity contribution in [3.63, 3.8) is 0 Å². The average molecular weight is 161 g/mol. The molecule has 0 saturated carbocycles. The smallest absolute Gasteiger partial charge is 0.175 e. The Bertz CT molecular complexity index is 132. The minimum Gasteiger partial charge on any atom is -0.395 e. The number of hydrogen-bond donors (Lipinski definition) is 4. The van der Waals surface area contributed by atoms with Gasteiger partial charge in [-0.15, -0.1) is 0 Å². The predicted octanol–water partition coefficient (Wildman–Crippen LogP) is -1.20. The maximum atomic E-state index is 9.14. The molecule has 2 unspecified atom stereocenters. The summed E-state index contributed by atoms with van der Waals surface area (Å²) in [6.07, 6.45) is 1.51. The van der Waals surface area contributed by atoms with Crippen LogP contribution >= 0.6 is 0 Å². The minimum absolute atomic E-state index is 0.0265. The molecule has 0 spiro atoms. The molecule has 66 valence electrons. The third kappa shape index (κ3) is 2.13. The lowest BCUT2D eigenvalue weighted by molar-refractivity contribution is -0.165. The van der Waals surface area contributed by atoms with Crippen molar-refractivity contribution in [3.8, 4) is 0 Å². The SMILES string of the molecule is CC(O)(O)C1CCC(CO)N1. The first kappa shape index (κ1) is 8.93. The number of aliphatic hydroxyl groups is 3. The summed E-state index contributed by atoms with van der Waals surface area (Å²) in [7, 11) is 0. The van der Waals surface area contributed by atoms with E-state index in [-0.39, 0.29) is 18.7 Å². The van der Waals surface area contributed by atoms with E-state index in [4.69, 9.17) is 15.3 Å². The van der Waals surface area contributed by atoms with Gasteiger partial charge in [-0.3, -0.25) is 0 Å². The van der Waals surface area contributed by atoms with Crippen molar-refractivity contribution in [2.45, 2.75) is 37.6 Å². The lowest BCUT2D eigenvalue weighted by Crippen LogP contribution is -2.47. The standard InChI is InChI=1S/C7H15NO3/c1-7(10,11)6-3-2-5(4-9)8-6/h5-6,8-11H,2-4H2,1H3. The Labute approximate surface area is 65.9 Å². The fourth-order valence-corrected chi connectivity index (χ4v) is 1.39. The fourth-order valence-electron chi connectivity index (χ4n) is 1.39. The Morgan fingerprint density at radius 2 is 2.09 bits per heavy atom. The van der Waals surface area contributed by atoms with Gasteiger partial charge < -0.3 is 20.6 Å². The van der Waals surface area contributed by atoms with Crippen LogP contribution in [0.4, 0.5) is 0 Å². The summed E-state index contributed by atoms with van der Waals surface area (Å²) in [5.74, 6) is -1.66. The quantitative estimate of drug-likeness (QED) is 0.384. The van der Waals surface area contributed by atoms with E-state index in [9.17, 15) is 0 Å². The van der Waals surface area contributed by atoms with Crippen molar-refractivity contribution >= 4 is 0 Å². The van der Waals surface area contributed by atoms with Crippen LogP contribution in [0.3, 0.4) is 0 Å². The molecule has 1 rings (SSSR count). The normalized spacial score (nSPS) is 32.7. The average Bonchev–Trinajstić information content (AvgIpc) is 2.32. The third-order valence-corrected chi connectivity index (χ3v) is 2.12. The molecule has 4 N–H and O–H groups in total. The van der Waals surface area contributed by atoms with Gasteiger partial charge in [0, 0.05) is 6.04 Å². The number of rotatable bonds is 2. The third-order valence-electron chi connectivity index (χ3n) is 2.12. The van der Waals surface area contributed by atoms with Crippen LogP contribution in [0.15, 0.2) is 0 Å². The fraction of sp³-hybridized carbons (Fsp3) is 1.00. The first-order valence-corrected chi connectivity index (χ1v) is 3.85. The zero-order valence-electron chi connectivity index (χ0n) is 6.62. The van der Waals surface area contributed by atoms with Gasteiger partial charge in [0.05, 0.1) is 12.6 Å². The molecule has 0 radical (unpaired) electrons. The van der Waals surface area contributed by atoms with Crippen molar-refractivity contribution in [3.05, 3.63) is 0 Å². The largest absolute Gasteiger partial charge is 0.395 e. The minimum atomic E-state index is -1.66. The molecule has 11 heavy (non-hydrogen) atoms.